The first kappa shape index (κ1) is 18.1. The van der Waals surface area contributed by atoms with Crippen molar-refractivity contribution in [3.63, 3.8) is 0 Å². The zero-order valence-electron chi connectivity index (χ0n) is 14.8. The zero-order chi connectivity index (χ0) is 19.5. The lowest BCUT2D eigenvalue weighted by Crippen LogP contribution is -2.30. The highest BCUT2D eigenvalue weighted by Crippen LogP contribution is 2.36. The van der Waals surface area contributed by atoms with Crippen LogP contribution in [0.5, 0.6) is 5.75 Å². The lowest BCUT2D eigenvalue weighted by Gasteiger charge is -2.28. The molecule has 2 aromatic carbocycles. The summed E-state index contributed by atoms with van der Waals surface area (Å²) in [7, 11) is 0. The number of ether oxygens (including phenoxy) is 3. The fraction of sp³-hybridized carbons (Fsp3) is 0.250. The van der Waals surface area contributed by atoms with Crippen molar-refractivity contribution in [3.05, 3.63) is 65.0 Å². The number of esters is 1. The molecule has 0 aromatic heterocycles. The van der Waals surface area contributed by atoms with Gasteiger partial charge < -0.3 is 14.2 Å². The summed E-state index contributed by atoms with van der Waals surface area (Å²) < 4.78 is 30.8. The van der Waals surface area contributed by atoms with Gasteiger partial charge in [0.15, 0.2) is 0 Å². The van der Waals surface area contributed by atoms with Gasteiger partial charge in [-0.15, -0.1) is 0 Å². The Morgan fingerprint density at radius 1 is 1.25 bits per heavy atom. The highest BCUT2D eigenvalue weighted by molar-refractivity contribution is 6.37. The van der Waals surface area contributed by atoms with Gasteiger partial charge in [0, 0.05) is 29.5 Å². The van der Waals surface area contributed by atoms with Gasteiger partial charge in [-0.25, -0.2) is 14.6 Å². The Labute approximate surface area is 160 Å². The van der Waals surface area contributed by atoms with E-state index in [0.717, 1.165) is 5.56 Å². The quantitative estimate of drug-likeness (QED) is 0.820. The Bertz CT molecular complexity index is 945. The normalized spacial score (nSPS) is 18.4. The number of hydrazone groups is 1. The fourth-order valence-corrected chi connectivity index (χ4v) is 3.01. The largest absolute Gasteiger partial charge is 0.460 e. The molecule has 0 fully saturated rings. The van der Waals surface area contributed by atoms with E-state index in [0.29, 0.717) is 16.9 Å². The van der Waals surface area contributed by atoms with E-state index in [2.05, 4.69) is 10.5 Å². The summed E-state index contributed by atoms with van der Waals surface area (Å²) in [6.07, 6.45) is -0.263. The molecular weight excluding hydrogens is 367 g/mol. The van der Waals surface area contributed by atoms with Crippen LogP contribution >= 0.6 is 0 Å². The Morgan fingerprint density at radius 3 is 2.82 bits per heavy atom. The van der Waals surface area contributed by atoms with Gasteiger partial charge in [0.25, 0.3) is 0 Å². The molecule has 0 bridgehead atoms. The van der Waals surface area contributed by atoms with E-state index in [1.165, 1.54) is 12.1 Å². The molecule has 2 heterocycles. The van der Waals surface area contributed by atoms with Crippen LogP contribution in [0.15, 0.2) is 47.6 Å². The van der Waals surface area contributed by atoms with Gasteiger partial charge in [-0.3, -0.25) is 4.79 Å². The van der Waals surface area contributed by atoms with Gasteiger partial charge in [0.05, 0.1) is 6.61 Å². The van der Waals surface area contributed by atoms with Crippen molar-refractivity contribution >= 4 is 17.6 Å². The maximum Gasteiger partial charge on any atom is 0.354 e. The Hall–Kier alpha value is -3.26. The van der Waals surface area contributed by atoms with Crippen molar-refractivity contribution in [2.45, 2.75) is 32.3 Å². The van der Waals surface area contributed by atoms with Crippen molar-refractivity contribution in [2.75, 3.05) is 0 Å². The van der Waals surface area contributed by atoms with Crippen LogP contribution < -0.4 is 10.2 Å². The molecule has 7 nitrogen and oxygen atoms in total. The van der Waals surface area contributed by atoms with Crippen molar-refractivity contribution in [2.24, 2.45) is 5.10 Å². The van der Waals surface area contributed by atoms with E-state index in [4.69, 9.17) is 14.2 Å². The highest BCUT2D eigenvalue weighted by Gasteiger charge is 2.26. The van der Waals surface area contributed by atoms with E-state index in [9.17, 15) is 14.0 Å². The number of nitrogens with one attached hydrogen (secondary N) is 1. The van der Waals surface area contributed by atoms with E-state index in [-0.39, 0.29) is 37.7 Å². The summed E-state index contributed by atoms with van der Waals surface area (Å²) in [4.78, 5) is 23.3. The predicted octanol–water partition coefficient (Wildman–Crippen LogP) is 2.74. The zero-order valence-corrected chi connectivity index (χ0v) is 14.8. The van der Waals surface area contributed by atoms with Gasteiger partial charge in [0.1, 0.15) is 23.9 Å². The summed E-state index contributed by atoms with van der Waals surface area (Å²) >= 11 is 0. The van der Waals surface area contributed by atoms with E-state index in [1.807, 2.05) is 30.3 Å². The second-order valence-corrected chi connectivity index (χ2v) is 6.39. The number of nitrogens with zero attached hydrogens (tertiary/aromatic N) is 1. The van der Waals surface area contributed by atoms with Crippen LogP contribution in [-0.4, -0.2) is 17.6 Å². The van der Waals surface area contributed by atoms with Gasteiger partial charge in [-0.05, 0) is 12.1 Å². The smallest absolute Gasteiger partial charge is 0.354 e. The van der Waals surface area contributed by atoms with E-state index in [1.54, 1.807) is 0 Å². The Kier molecular flexibility index (Phi) is 5.03. The molecule has 2 aliphatic rings. The number of hydrogen-bond acceptors (Lipinski definition) is 6. The SMILES string of the molecule is O=C1CCC(C(=O)OCc2cc(F)cc3c2O[C@H](c2ccccc2)OC3)=NN1. The maximum absolute atomic E-state index is 14.0. The molecule has 0 unspecified atom stereocenters. The van der Waals surface area contributed by atoms with Crippen molar-refractivity contribution in [1.82, 2.24) is 5.43 Å². The molecule has 0 saturated heterocycles. The molecule has 0 aliphatic carbocycles. The second-order valence-electron chi connectivity index (χ2n) is 6.39. The number of carbonyl (C=O) groups is 2. The summed E-state index contributed by atoms with van der Waals surface area (Å²) in [5, 5.41) is 3.70. The number of carbonyl (C=O) groups excluding carboxylic acids is 2. The van der Waals surface area contributed by atoms with E-state index < -0.39 is 18.1 Å². The van der Waals surface area contributed by atoms with Gasteiger partial charge in [-0.2, -0.15) is 5.10 Å². The topological polar surface area (TPSA) is 86.2 Å². The average molecular weight is 384 g/mol. The molecule has 1 atom stereocenters. The van der Waals surface area contributed by atoms with Crippen LogP contribution in [0.4, 0.5) is 4.39 Å². The number of hydrogen-bond donors (Lipinski definition) is 1. The van der Waals surface area contributed by atoms with Crippen LogP contribution in [0.3, 0.4) is 0 Å². The summed E-state index contributed by atoms with van der Waals surface area (Å²) in [5.74, 6) is -0.952. The van der Waals surface area contributed by atoms with Gasteiger partial charge in [0.2, 0.25) is 12.2 Å². The Morgan fingerprint density at radius 2 is 2.07 bits per heavy atom. The molecular formula is C20H17FN2O5. The van der Waals surface area contributed by atoms with Crippen molar-refractivity contribution in [3.8, 4) is 5.75 Å². The van der Waals surface area contributed by atoms with Crippen molar-refractivity contribution < 1.29 is 28.2 Å². The minimum atomic E-state index is -0.662. The molecule has 0 saturated carbocycles. The third-order valence-electron chi connectivity index (χ3n) is 4.39. The first-order valence-corrected chi connectivity index (χ1v) is 8.77. The molecule has 8 heteroatoms. The number of benzene rings is 2. The molecule has 2 aromatic rings. The monoisotopic (exact) mass is 384 g/mol. The molecule has 1 amide bonds. The molecule has 4 rings (SSSR count). The average Bonchev–Trinajstić information content (AvgIpc) is 2.72. The van der Waals surface area contributed by atoms with Crippen LogP contribution in [-0.2, 0) is 32.3 Å². The third-order valence-corrected chi connectivity index (χ3v) is 4.39. The minimum Gasteiger partial charge on any atom is -0.460 e. The summed E-state index contributed by atoms with van der Waals surface area (Å²) in [5.41, 5.74) is 4.13. The number of halogens is 1. The van der Waals surface area contributed by atoms with Gasteiger partial charge in [-0.1, -0.05) is 30.3 Å². The summed E-state index contributed by atoms with van der Waals surface area (Å²) in [6, 6.07) is 12.0. The van der Waals surface area contributed by atoms with E-state index >= 15 is 0 Å². The number of fused-ring (bicyclic) bond motifs is 1. The van der Waals surface area contributed by atoms with Crippen LogP contribution in [0.25, 0.3) is 0 Å². The fourth-order valence-electron chi connectivity index (χ4n) is 3.01. The molecule has 0 spiro atoms. The van der Waals surface area contributed by atoms with Crippen LogP contribution in [0, 0.1) is 5.82 Å². The number of rotatable bonds is 4. The lowest BCUT2D eigenvalue weighted by molar-refractivity contribution is -0.137. The first-order chi connectivity index (χ1) is 13.6. The Balaban J connectivity index is 1.51. The molecule has 1 N–H and O–H groups in total. The molecule has 28 heavy (non-hydrogen) atoms. The predicted molar refractivity (Wildman–Crippen MR) is 95.6 cm³/mol. The summed E-state index contributed by atoms with van der Waals surface area (Å²) in [6.45, 7) is -0.0141. The number of amides is 1. The molecule has 144 valence electrons. The van der Waals surface area contributed by atoms with Crippen LogP contribution in [0.1, 0.15) is 35.8 Å². The van der Waals surface area contributed by atoms with Crippen LogP contribution in [0.2, 0.25) is 0 Å². The minimum absolute atomic E-state index is 0.122. The first-order valence-electron chi connectivity index (χ1n) is 8.77. The highest BCUT2D eigenvalue weighted by atomic mass is 19.1. The lowest BCUT2D eigenvalue weighted by atomic mass is 10.1. The molecule has 0 radical (unpaired) electrons. The third kappa shape index (κ3) is 3.86. The van der Waals surface area contributed by atoms with Gasteiger partial charge >= 0.3 is 5.97 Å². The van der Waals surface area contributed by atoms with Crippen molar-refractivity contribution in [1.29, 1.82) is 0 Å². The second kappa shape index (κ2) is 7.77. The molecule has 2 aliphatic heterocycles. The maximum atomic E-state index is 14.0. The standard InChI is InChI=1S/C20H17FN2O5/c21-15-8-13(10-26-19(25)16-6-7-17(24)23-22-16)18-14(9-15)11-27-20(28-18)12-4-2-1-3-5-12/h1-5,8-9,20H,6-7,10-11H2,(H,23,24)/t20-/m1/s1.